The number of thioether (sulfide) groups is 1. The van der Waals surface area contributed by atoms with Gasteiger partial charge >= 0.3 is 0 Å². The van der Waals surface area contributed by atoms with Crippen LogP contribution in [0, 0.1) is 5.92 Å². The van der Waals surface area contributed by atoms with E-state index in [-0.39, 0.29) is 11.5 Å². The molecule has 0 aliphatic heterocycles. The summed E-state index contributed by atoms with van der Waals surface area (Å²) in [5.41, 5.74) is 7.19. The highest BCUT2D eigenvalue weighted by Crippen LogP contribution is 2.35. The molecule has 0 radical (unpaired) electrons. The van der Waals surface area contributed by atoms with Gasteiger partial charge in [0.05, 0.1) is 11.1 Å². The fourth-order valence-corrected chi connectivity index (χ4v) is 5.92. The zero-order valence-electron chi connectivity index (χ0n) is 18.5. The standard InChI is InChI=1S/C21H29N7OS2/c1-12(2)9-10-28-18(29)16-13-7-5-6-8-14(13)31-17(16)25-21(28)30-11-15-23-19(22)26-20(24-15)27(3)4/h12H,5-11H2,1-4H3,(H2,22,23,24,26). The molecule has 0 fully saturated rings. The average molecular weight is 460 g/mol. The van der Waals surface area contributed by atoms with Gasteiger partial charge in [0.2, 0.25) is 11.9 Å². The highest BCUT2D eigenvalue weighted by Gasteiger charge is 2.22. The van der Waals surface area contributed by atoms with Crippen LogP contribution in [0.2, 0.25) is 0 Å². The topological polar surface area (TPSA) is 103 Å². The Balaban J connectivity index is 1.72. The van der Waals surface area contributed by atoms with Crippen LogP contribution in [0.4, 0.5) is 11.9 Å². The van der Waals surface area contributed by atoms with Crippen LogP contribution in [-0.4, -0.2) is 38.6 Å². The molecule has 31 heavy (non-hydrogen) atoms. The van der Waals surface area contributed by atoms with E-state index in [1.54, 1.807) is 16.2 Å². The SMILES string of the molecule is CC(C)CCn1c(SCc2nc(N)nc(N(C)C)n2)nc2sc3c(c2c1=O)CCCC3. The van der Waals surface area contributed by atoms with Gasteiger partial charge in [-0.05, 0) is 43.6 Å². The summed E-state index contributed by atoms with van der Waals surface area (Å²) in [5, 5.41) is 1.56. The highest BCUT2D eigenvalue weighted by molar-refractivity contribution is 7.98. The molecule has 166 valence electrons. The Labute approximate surface area is 190 Å². The summed E-state index contributed by atoms with van der Waals surface area (Å²) in [5.74, 6) is 2.27. The van der Waals surface area contributed by atoms with Crippen molar-refractivity contribution < 1.29 is 0 Å². The number of nitrogens with two attached hydrogens (primary N) is 1. The molecule has 8 nitrogen and oxygen atoms in total. The Bertz CT molecular complexity index is 1150. The van der Waals surface area contributed by atoms with Crippen LogP contribution in [0.15, 0.2) is 9.95 Å². The molecule has 0 atom stereocenters. The lowest BCUT2D eigenvalue weighted by atomic mass is 9.97. The van der Waals surface area contributed by atoms with Crippen molar-refractivity contribution in [3.05, 3.63) is 26.6 Å². The molecule has 4 rings (SSSR count). The Hall–Kier alpha value is -2.20. The zero-order valence-corrected chi connectivity index (χ0v) is 20.1. The number of aryl methyl sites for hydroxylation is 2. The van der Waals surface area contributed by atoms with Crippen molar-refractivity contribution in [2.75, 3.05) is 24.7 Å². The third kappa shape index (κ3) is 4.69. The van der Waals surface area contributed by atoms with Crippen LogP contribution in [0.3, 0.4) is 0 Å². The molecule has 1 aliphatic carbocycles. The highest BCUT2D eigenvalue weighted by atomic mass is 32.2. The van der Waals surface area contributed by atoms with Crippen LogP contribution in [0.5, 0.6) is 0 Å². The summed E-state index contributed by atoms with van der Waals surface area (Å²) < 4.78 is 1.85. The first kappa shape index (κ1) is 22.0. The zero-order chi connectivity index (χ0) is 22.1. The lowest BCUT2D eigenvalue weighted by Crippen LogP contribution is -2.24. The van der Waals surface area contributed by atoms with Crippen LogP contribution in [0.25, 0.3) is 10.2 Å². The maximum Gasteiger partial charge on any atom is 0.263 e. The van der Waals surface area contributed by atoms with E-state index in [0.717, 1.165) is 41.1 Å². The van der Waals surface area contributed by atoms with Crippen LogP contribution >= 0.6 is 23.1 Å². The van der Waals surface area contributed by atoms with Gasteiger partial charge in [-0.1, -0.05) is 25.6 Å². The van der Waals surface area contributed by atoms with Crippen molar-refractivity contribution in [3.8, 4) is 0 Å². The number of hydrogen-bond donors (Lipinski definition) is 1. The van der Waals surface area contributed by atoms with Crippen molar-refractivity contribution in [2.45, 2.75) is 63.4 Å². The van der Waals surface area contributed by atoms with Gasteiger partial charge in [-0.15, -0.1) is 11.3 Å². The second kappa shape index (κ2) is 9.12. The summed E-state index contributed by atoms with van der Waals surface area (Å²) in [4.78, 5) is 35.4. The van der Waals surface area contributed by atoms with Crippen molar-refractivity contribution >= 4 is 45.2 Å². The predicted octanol–water partition coefficient (Wildman–Crippen LogP) is 3.51. The third-order valence-electron chi connectivity index (χ3n) is 5.39. The summed E-state index contributed by atoms with van der Waals surface area (Å²) in [6.07, 6.45) is 5.31. The van der Waals surface area contributed by atoms with Gasteiger partial charge in [-0.3, -0.25) is 9.36 Å². The second-order valence-electron chi connectivity index (χ2n) is 8.52. The second-order valence-corrected chi connectivity index (χ2v) is 10.5. The van der Waals surface area contributed by atoms with E-state index in [4.69, 9.17) is 10.7 Å². The summed E-state index contributed by atoms with van der Waals surface area (Å²) in [7, 11) is 3.73. The Morgan fingerprint density at radius 1 is 1.16 bits per heavy atom. The van der Waals surface area contributed by atoms with E-state index in [1.807, 2.05) is 18.7 Å². The molecule has 1 aliphatic rings. The number of anilines is 2. The minimum absolute atomic E-state index is 0.0942. The van der Waals surface area contributed by atoms with E-state index in [1.165, 1.54) is 28.6 Å². The summed E-state index contributed by atoms with van der Waals surface area (Å²) in [6.45, 7) is 5.01. The molecule has 0 bridgehead atoms. The molecule has 0 amide bonds. The number of nitrogen functional groups attached to an aromatic ring is 1. The minimum Gasteiger partial charge on any atom is -0.368 e. The monoisotopic (exact) mass is 459 g/mol. The Morgan fingerprint density at radius 3 is 2.68 bits per heavy atom. The molecule has 0 saturated heterocycles. The van der Waals surface area contributed by atoms with Gasteiger partial charge < -0.3 is 10.6 Å². The van der Waals surface area contributed by atoms with Gasteiger partial charge in [-0.25, -0.2) is 4.98 Å². The summed E-state index contributed by atoms with van der Waals surface area (Å²) >= 11 is 3.17. The lowest BCUT2D eigenvalue weighted by Gasteiger charge is -2.15. The molecule has 0 aromatic carbocycles. The number of aromatic nitrogens is 5. The largest absolute Gasteiger partial charge is 0.368 e. The Morgan fingerprint density at radius 2 is 1.94 bits per heavy atom. The van der Waals surface area contributed by atoms with Gasteiger partial charge in [0.15, 0.2) is 5.16 Å². The van der Waals surface area contributed by atoms with E-state index in [9.17, 15) is 4.79 Å². The van der Waals surface area contributed by atoms with Crippen LogP contribution in [-0.2, 0) is 25.1 Å². The smallest absolute Gasteiger partial charge is 0.263 e. The van der Waals surface area contributed by atoms with E-state index < -0.39 is 0 Å². The molecule has 3 aromatic rings. The van der Waals surface area contributed by atoms with E-state index >= 15 is 0 Å². The molecule has 2 N–H and O–H groups in total. The molecular weight excluding hydrogens is 430 g/mol. The van der Waals surface area contributed by atoms with Crippen molar-refractivity contribution in [1.29, 1.82) is 0 Å². The molecule has 3 aromatic heterocycles. The Kier molecular flexibility index (Phi) is 6.47. The molecule has 0 saturated carbocycles. The number of thiophene rings is 1. The average Bonchev–Trinajstić information content (AvgIpc) is 3.09. The maximum absolute atomic E-state index is 13.6. The molecule has 3 heterocycles. The van der Waals surface area contributed by atoms with E-state index in [0.29, 0.717) is 30.0 Å². The fraction of sp³-hybridized carbons (Fsp3) is 0.571. The van der Waals surface area contributed by atoms with Gasteiger partial charge in [0, 0.05) is 25.5 Å². The molecule has 10 heteroatoms. The molecule has 0 unspecified atom stereocenters. The quantitative estimate of drug-likeness (QED) is 0.423. The predicted molar refractivity (Wildman–Crippen MR) is 128 cm³/mol. The first-order chi connectivity index (χ1) is 14.8. The van der Waals surface area contributed by atoms with Gasteiger partial charge in [0.25, 0.3) is 5.56 Å². The first-order valence-corrected chi connectivity index (χ1v) is 12.5. The normalized spacial score (nSPS) is 13.7. The maximum atomic E-state index is 13.6. The number of fused-ring (bicyclic) bond motifs is 3. The summed E-state index contributed by atoms with van der Waals surface area (Å²) in [6, 6.07) is 0. The first-order valence-electron chi connectivity index (χ1n) is 10.7. The third-order valence-corrected chi connectivity index (χ3v) is 7.55. The fourth-order valence-electron chi connectivity index (χ4n) is 3.73. The van der Waals surface area contributed by atoms with Crippen molar-refractivity contribution in [2.24, 2.45) is 5.92 Å². The number of nitrogens with zero attached hydrogens (tertiary/aromatic N) is 6. The number of hydrogen-bond acceptors (Lipinski definition) is 9. The number of rotatable bonds is 7. The van der Waals surface area contributed by atoms with Crippen LogP contribution in [0.1, 0.15) is 49.4 Å². The molecule has 0 spiro atoms. The lowest BCUT2D eigenvalue weighted by molar-refractivity contribution is 0.481. The van der Waals surface area contributed by atoms with E-state index in [2.05, 4.69) is 28.8 Å². The van der Waals surface area contributed by atoms with Gasteiger partial charge in [0.1, 0.15) is 10.7 Å². The van der Waals surface area contributed by atoms with Crippen LogP contribution < -0.4 is 16.2 Å². The molecular formula is C21H29N7OS2. The minimum atomic E-state index is 0.0942. The van der Waals surface area contributed by atoms with Gasteiger partial charge in [-0.2, -0.15) is 15.0 Å². The van der Waals surface area contributed by atoms with Crippen molar-refractivity contribution in [1.82, 2.24) is 24.5 Å². The van der Waals surface area contributed by atoms with Crippen molar-refractivity contribution in [3.63, 3.8) is 0 Å².